The lowest BCUT2D eigenvalue weighted by molar-refractivity contribution is 0.679. The van der Waals surface area contributed by atoms with Crippen molar-refractivity contribution >= 4 is 22.5 Å². The normalized spacial score (nSPS) is 14.2. The lowest BCUT2D eigenvalue weighted by Gasteiger charge is -2.24. The fourth-order valence-corrected chi connectivity index (χ4v) is 3.68. The third kappa shape index (κ3) is 2.08. The SMILES string of the molecule is CC(C)Nc1c2c(c(C#N)c3nc4ccccc4n13)CCCC2. The van der Waals surface area contributed by atoms with Crippen LogP contribution in [0.3, 0.4) is 0 Å². The zero-order chi connectivity index (χ0) is 16.0. The molecule has 0 saturated heterocycles. The van der Waals surface area contributed by atoms with Gasteiger partial charge < -0.3 is 5.32 Å². The van der Waals surface area contributed by atoms with Crippen molar-refractivity contribution in [3.63, 3.8) is 0 Å². The van der Waals surface area contributed by atoms with Crippen molar-refractivity contribution in [2.45, 2.75) is 45.6 Å². The van der Waals surface area contributed by atoms with Crippen LogP contribution in [0.25, 0.3) is 16.7 Å². The van der Waals surface area contributed by atoms with Crippen LogP contribution in [0, 0.1) is 11.3 Å². The quantitative estimate of drug-likeness (QED) is 0.777. The summed E-state index contributed by atoms with van der Waals surface area (Å²) in [4.78, 5) is 4.76. The first-order valence-electron chi connectivity index (χ1n) is 8.32. The van der Waals surface area contributed by atoms with Crippen molar-refractivity contribution in [1.29, 1.82) is 5.26 Å². The molecular weight excluding hydrogens is 284 g/mol. The number of hydrogen-bond acceptors (Lipinski definition) is 3. The number of nitriles is 1. The smallest absolute Gasteiger partial charge is 0.157 e. The van der Waals surface area contributed by atoms with E-state index in [0.717, 1.165) is 47.3 Å². The Morgan fingerprint density at radius 1 is 1.17 bits per heavy atom. The van der Waals surface area contributed by atoms with Gasteiger partial charge in [-0.2, -0.15) is 5.26 Å². The van der Waals surface area contributed by atoms with Gasteiger partial charge in [0.25, 0.3) is 0 Å². The number of nitrogens with zero attached hydrogens (tertiary/aromatic N) is 3. The third-order valence-electron chi connectivity index (χ3n) is 4.60. The molecule has 0 unspecified atom stereocenters. The molecule has 1 aliphatic carbocycles. The summed E-state index contributed by atoms with van der Waals surface area (Å²) in [6, 6.07) is 10.9. The maximum Gasteiger partial charge on any atom is 0.157 e. The van der Waals surface area contributed by atoms with Gasteiger partial charge in [-0.1, -0.05) is 12.1 Å². The Bertz CT molecular complexity index is 944. The molecule has 4 heteroatoms. The molecule has 0 bridgehead atoms. The van der Waals surface area contributed by atoms with Crippen LogP contribution < -0.4 is 5.32 Å². The summed E-state index contributed by atoms with van der Waals surface area (Å²) in [7, 11) is 0. The van der Waals surface area contributed by atoms with Crippen LogP contribution in [0.15, 0.2) is 24.3 Å². The second kappa shape index (κ2) is 5.27. The average Bonchev–Trinajstić information content (AvgIpc) is 2.93. The molecule has 1 aromatic carbocycles. The van der Waals surface area contributed by atoms with Crippen molar-refractivity contribution in [2.24, 2.45) is 0 Å². The zero-order valence-corrected chi connectivity index (χ0v) is 13.6. The van der Waals surface area contributed by atoms with Crippen LogP contribution in [0.1, 0.15) is 43.4 Å². The van der Waals surface area contributed by atoms with E-state index in [9.17, 15) is 5.26 Å². The van der Waals surface area contributed by atoms with Gasteiger partial charge in [0.15, 0.2) is 5.65 Å². The Morgan fingerprint density at radius 2 is 1.91 bits per heavy atom. The highest BCUT2D eigenvalue weighted by Crippen LogP contribution is 2.35. The van der Waals surface area contributed by atoms with E-state index in [2.05, 4.69) is 35.7 Å². The van der Waals surface area contributed by atoms with Crippen LogP contribution in [0.5, 0.6) is 0 Å². The molecule has 116 valence electrons. The van der Waals surface area contributed by atoms with Crippen LogP contribution in [-0.4, -0.2) is 15.4 Å². The van der Waals surface area contributed by atoms with Gasteiger partial charge in [-0.25, -0.2) is 4.98 Å². The first-order valence-corrected chi connectivity index (χ1v) is 8.32. The largest absolute Gasteiger partial charge is 0.369 e. The number of anilines is 1. The summed E-state index contributed by atoms with van der Waals surface area (Å²) < 4.78 is 2.15. The van der Waals surface area contributed by atoms with E-state index in [1.54, 1.807) is 0 Å². The van der Waals surface area contributed by atoms with E-state index in [1.165, 1.54) is 17.5 Å². The lowest BCUT2D eigenvalue weighted by Crippen LogP contribution is -2.19. The minimum Gasteiger partial charge on any atom is -0.369 e. The van der Waals surface area contributed by atoms with E-state index >= 15 is 0 Å². The van der Waals surface area contributed by atoms with Crippen molar-refractivity contribution in [3.05, 3.63) is 41.0 Å². The molecule has 23 heavy (non-hydrogen) atoms. The summed E-state index contributed by atoms with van der Waals surface area (Å²) in [5, 5.41) is 13.4. The first-order chi connectivity index (χ1) is 11.2. The minimum atomic E-state index is 0.332. The highest BCUT2D eigenvalue weighted by Gasteiger charge is 2.24. The lowest BCUT2D eigenvalue weighted by atomic mass is 9.89. The molecule has 1 aliphatic rings. The number of rotatable bonds is 2. The topological polar surface area (TPSA) is 53.1 Å². The highest BCUT2D eigenvalue weighted by molar-refractivity contribution is 5.86. The van der Waals surface area contributed by atoms with Crippen molar-refractivity contribution in [3.8, 4) is 6.07 Å². The number of imidazole rings is 1. The van der Waals surface area contributed by atoms with E-state index in [0.29, 0.717) is 6.04 Å². The highest BCUT2D eigenvalue weighted by atomic mass is 15.1. The first kappa shape index (κ1) is 14.1. The number of benzene rings is 1. The van der Waals surface area contributed by atoms with E-state index in [4.69, 9.17) is 4.98 Å². The summed E-state index contributed by atoms with van der Waals surface area (Å²) in [6.07, 6.45) is 4.34. The van der Waals surface area contributed by atoms with Crippen LogP contribution in [0.4, 0.5) is 5.82 Å². The molecule has 0 amide bonds. The Hall–Kier alpha value is -2.54. The molecule has 1 N–H and O–H groups in total. The molecule has 2 aromatic heterocycles. The van der Waals surface area contributed by atoms with Crippen LogP contribution >= 0.6 is 0 Å². The molecule has 4 nitrogen and oxygen atoms in total. The summed E-state index contributed by atoms with van der Waals surface area (Å²) in [6.45, 7) is 4.30. The third-order valence-corrected chi connectivity index (χ3v) is 4.60. The summed E-state index contributed by atoms with van der Waals surface area (Å²) in [5.74, 6) is 1.12. The number of aromatic nitrogens is 2. The fraction of sp³-hybridized carbons (Fsp3) is 0.368. The molecule has 0 fully saturated rings. The Balaban J connectivity index is 2.20. The standard InChI is InChI=1S/C19H20N4/c1-12(2)21-18-14-8-4-3-7-13(14)15(11-20)19-22-16-9-5-6-10-17(16)23(18)19/h5-6,9-10,12,21H,3-4,7-8H2,1-2H3. The van der Waals surface area contributed by atoms with Gasteiger partial charge in [-0.3, -0.25) is 4.40 Å². The second-order valence-corrected chi connectivity index (χ2v) is 6.56. The maximum atomic E-state index is 9.77. The summed E-state index contributed by atoms with van der Waals surface area (Å²) in [5.41, 5.74) is 6.05. The molecule has 0 spiro atoms. The van der Waals surface area contributed by atoms with Crippen LogP contribution in [-0.2, 0) is 12.8 Å². The molecule has 4 rings (SSSR count). The van der Waals surface area contributed by atoms with Gasteiger partial charge in [0.05, 0.1) is 16.6 Å². The molecule has 0 saturated carbocycles. The molecule has 0 aliphatic heterocycles. The number of fused-ring (bicyclic) bond motifs is 4. The fourth-order valence-electron chi connectivity index (χ4n) is 3.68. The van der Waals surface area contributed by atoms with E-state index < -0.39 is 0 Å². The summed E-state index contributed by atoms with van der Waals surface area (Å²) >= 11 is 0. The number of pyridine rings is 1. The molecule has 0 atom stereocenters. The van der Waals surface area contributed by atoms with Gasteiger partial charge in [-0.15, -0.1) is 0 Å². The van der Waals surface area contributed by atoms with E-state index in [1.807, 2.05) is 18.2 Å². The number of para-hydroxylation sites is 2. The van der Waals surface area contributed by atoms with E-state index in [-0.39, 0.29) is 0 Å². The van der Waals surface area contributed by atoms with Gasteiger partial charge in [0.2, 0.25) is 0 Å². The Kier molecular flexibility index (Phi) is 3.23. The van der Waals surface area contributed by atoms with Crippen molar-refractivity contribution in [1.82, 2.24) is 9.38 Å². The maximum absolute atomic E-state index is 9.77. The van der Waals surface area contributed by atoms with Crippen LogP contribution in [0.2, 0.25) is 0 Å². The number of nitrogens with one attached hydrogen (secondary N) is 1. The van der Waals surface area contributed by atoms with Crippen molar-refractivity contribution < 1.29 is 0 Å². The molecule has 0 radical (unpaired) electrons. The average molecular weight is 304 g/mol. The molecule has 3 aromatic rings. The van der Waals surface area contributed by atoms with Crippen molar-refractivity contribution in [2.75, 3.05) is 5.32 Å². The number of hydrogen-bond donors (Lipinski definition) is 1. The van der Waals surface area contributed by atoms with Gasteiger partial charge in [-0.05, 0) is 62.8 Å². The Morgan fingerprint density at radius 3 is 2.65 bits per heavy atom. The zero-order valence-electron chi connectivity index (χ0n) is 13.6. The van der Waals surface area contributed by atoms with Gasteiger partial charge in [0.1, 0.15) is 11.9 Å². The second-order valence-electron chi connectivity index (χ2n) is 6.56. The Labute approximate surface area is 135 Å². The monoisotopic (exact) mass is 304 g/mol. The molecular formula is C19H20N4. The van der Waals surface area contributed by atoms with Gasteiger partial charge >= 0.3 is 0 Å². The molecule has 2 heterocycles. The minimum absolute atomic E-state index is 0.332. The predicted molar refractivity (Wildman–Crippen MR) is 92.8 cm³/mol. The van der Waals surface area contributed by atoms with Gasteiger partial charge in [0, 0.05) is 6.04 Å². The predicted octanol–water partition coefficient (Wildman–Crippen LogP) is 4.06.